The van der Waals surface area contributed by atoms with Gasteiger partial charge >= 0.3 is 0 Å². The number of nitrogens with zero attached hydrogens (tertiary/aromatic N) is 3. The maximum absolute atomic E-state index is 5.82. The average Bonchev–Trinajstić information content (AvgIpc) is 2.91. The Bertz CT molecular complexity index is 682. The van der Waals surface area contributed by atoms with E-state index in [1.165, 1.54) is 11.1 Å². The number of aromatic nitrogens is 1. The highest BCUT2D eigenvalue weighted by molar-refractivity contribution is 14.0. The zero-order valence-electron chi connectivity index (χ0n) is 15.5. The highest BCUT2D eigenvalue weighted by Crippen LogP contribution is 2.15. The summed E-state index contributed by atoms with van der Waals surface area (Å²) in [5.74, 6) is 1.75. The summed E-state index contributed by atoms with van der Waals surface area (Å²) in [6, 6.07) is 6.25. The van der Waals surface area contributed by atoms with E-state index in [0.717, 1.165) is 29.0 Å². The molecule has 0 atom stereocenters. The summed E-state index contributed by atoms with van der Waals surface area (Å²) < 4.78 is 5.82. The van der Waals surface area contributed by atoms with Crippen LogP contribution in [-0.2, 0) is 6.54 Å². The van der Waals surface area contributed by atoms with Gasteiger partial charge in [0.1, 0.15) is 12.4 Å². The van der Waals surface area contributed by atoms with Gasteiger partial charge in [-0.25, -0.2) is 4.98 Å². The largest absolute Gasteiger partial charge is 0.492 e. The first kappa shape index (κ1) is 21.7. The van der Waals surface area contributed by atoms with Gasteiger partial charge in [0.15, 0.2) is 5.96 Å². The minimum Gasteiger partial charge on any atom is -0.492 e. The number of halogens is 1. The van der Waals surface area contributed by atoms with Crippen molar-refractivity contribution in [3.63, 3.8) is 0 Å². The molecule has 0 aliphatic heterocycles. The number of rotatable bonds is 6. The van der Waals surface area contributed by atoms with E-state index in [-0.39, 0.29) is 24.0 Å². The van der Waals surface area contributed by atoms with Crippen molar-refractivity contribution >= 4 is 41.3 Å². The van der Waals surface area contributed by atoms with E-state index in [1.54, 1.807) is 18.4 Å². The smallest absolute Gasteiger partial charge is 0.193 e. The van der Waals surface area contributed by atoms with E-state index in [9.17, 15) is 0 Å². The second-order valence-corrected chi connectivity index (χ2v) is 6.92. The first-order valence-electron chi connectivity index (χ1n) is 8.02. The monoisotopic (exact) mass is 474 g/mol. The molecule has 0 saturated carbocycles. The number of guanidine groups is 1. The molecule has 0 bridgehead atoms. The third kappa shape index (κ3) is 7.19. The van der Waals surface area contributed by atoms with E-state index in [0.29, 0.717) is 13.2 Å². The summed E-state index contributed by atoms with van der Waals surface area (Å²) in [6.07, 6.45) is 0. The summed E-state index contributed by atoms with van der Waals surface area (Å²) in [5.41, 5.74) is 3.49. The van der Waals surface area contributed by atoms with Gasteiger partial charge in [-0.3, -0.25) is 4.99 Å². The molecule has 0 radical (unpaired) electrons. The fourth-order valence-corrected chi connectivity index (χ4v) is 3.14. The molecule has 1 N–H and O–H groups in total. The van der Waals surface area contributed by atoms with Gasteiger partial charge in [-0.1, -0.05) is 6.07 Å². The standard InChI is InChI=1S/C18H26N4OS.HI/c1-13-8-14(2)10-17(9-13)23-7-6-20-18(19-4)22(5)11-16-12-24-15(3)21-16;/h8-10,12H,6-7,11H2,1-5H3,(H,19,20);1H. The molecule has 138 valence electrons. The molecule has 1 heterocycles. The number of thiazole rings is 1. The molecule has 0 saturated heterocycles. The fourth-order valence-electron chi connectivity index (χ4n) is 2.53. The van der Waals surface area contributed by atoms with Crippen molar-refractivity contribution < 1.29 is 4.74 Å². The van der Waals surface area contributed by atoms with Crippen LogP contribution in [0.25, 0.3) is 0 Å². The van der Waals surface area contributed by atoms with Crippen molar-refractivity contribution in [1.82, 2.24) is 15.2 Å². The Morgan fingerprint density at radius 3 is 2.48 bits per heavy atom. The van der Waals surface area contributed by atoms with Crippen LogP contribution < -0.4 is 10.1 Å². The quantitative estimate of drug-likeness (QED) is 0.300. The minimum absolute atomic E-state index is 0. The molecule has 0 amide bonds. The van der Waals surface area contributed by atoms with Gasteiger partial charge in [-0.2, -0.15) is 0 Å². The summed E-state index contributed by atoms with van der Waals surface area (Å²) in [6.45, 7) is 8.20. The minimum atomic E-state index is 0. The van der Waals surface area contributed by atoms with Gasteiger partial charge in [-0.15, -0.1) is 35.3 Å². The summed E-state index contributed by atoms with van der Waals surface area (Å²) in [7, 11) is 3.80. The first-order chi connectivity index (χ1) is 11.5. The lowest BCUT2D eigenvalue weighted by atomic mass is 10.1. The van der Waals surface area contributed by atoms with Gasteiger partial charge < -0.3 is 15.0 Å². The Labute approximate surface area is 171 Å². The highest BCUT2D eigenvalue weighted by atomic mass is 127. The molecular formula is C18H27IN4OS. The van der Waals surface area contributed by atoms with Gasteiger partial charge in [0.2, 0.25) is 0 Å². The summed E-state index contributed by atoms with van der Waals surface area (Å²) in [4.78, 5) is 10.9. The van der Waals surface area contributed by atoms with E-state index < -0.39 is 0 Å². The molecule has 2 aromatic rings. The van der Waals surface area contributed by atoms with Crippen LogP contribution in [0.5, 0.6) is 5.75 Å². The number of nitrogens with one attached hydrogen (secondary N) is 1. The lowest BCUT2D eigenvalue weighted by molar-refractivity contribution is 0.318. The van der Waals surface area contributed by atoms with Gasteiger partial charge in [-0.05, 0) is 44.0 Å². The molecule has 0 fully saturated rings. The molecule has 2 rings (SSSR count). The van der Waals surface area contributed by atoms with Crippen LogP contribution in [0.4, 0.5) is 0 Å². The van der Waals surface area contributed by atoms with Crippen LogP contribution in [0.1, 0.15) is 21.8 Å². The Morgan fingerprint density at radius 1 is 1.24 bits per heavy atom. The molecule has 7 heteroatoms. The maximum atomic E-state index is 5.82. The molecule has 25 heavy (non-hydrogen) atoms. The van der Waals surface area contributed by atoms with Crippen molar-refractivity contribution in [3.05, 3.63) is 45.4 Å². The van der Waals surface area contributed by atoms with Crippen LogP contribution >= 0.6 is 35.3 Å². The molecule has 5 nitrogen and oxygen atoms in total. The van der Waals surface area contributed by atoms with Crippen molar-refractivity contribution in [2.24, 2.45) is 4.99 Å². The average molecular weight is 474 g/mol. The molecule has 0 spiro atoms. The molecule has 0 aliphatic rings. The predicted octanol–water partition coefficient (Wildman–Crippen LogP) is 3.77. The number of aryl methyl sites for hydroxylation is 3. The summed E-state index contributed by atoms with van der Waals surface area (Å²) >= 11 is 1.67. The number of ether oxygens (including phenoxy) is 1. The van der Waals surface area contributed by atoms with Crippen molar-refractivity contribution in [3.8, 4) is 5.75 Å². The second kappa shape index (κ2) is 10.6. The zero-order valence-corrected chi connectivity index (χ0v) is 18.6. The lowest BCUT2D eigenvalue weighted by Gasteiger charge is -2.21. The predicted molar refractivity (Wildman–Crippen MR) is 117 cm³/mol. The first-order valence-corrected chi connectivity index (χ1v) is 8.90. The van der Waals surface area contributed by atoms with E-state index in [1.807, 2.05) is 14.0 Å². The molecule has 0 unspecified atom stereocenters. The molecule has 1 aromatic carbocycles. The Morgan fingerprint density at radius 2 is 1.92 bits per heavy atom. The normalized spacial score (nSPS) is 11.0. The molecule has 1 aromatic heterocycles. The van der Waals surface area contributed by atoms with E-state index in [2.05, 4.69) is 57.6 Å². The van der Waals surface area contributed by atoms with Crippen LogP contribution in [0.15, 0.2) is 28.6 Å². The number of hydrogen-bond acceptors (Lipinski definition) is 4. The number of hydrogen-bond donors (Lipinski definition) is 1. The van der Waals surface area contributed by atoms with Crippen LogP contribution in [0.2, 0.25) is 0 Å². The second-order valence-electron chi connectivity index (χ2n) is 5.86. The maximum Gasteiger partial charge on any atom is 0.193 e. The van der Waals surface area contributed by atoms with Crippen LogP contribution in [0, 0.1) is 20.8 Å². The fraction of sp³-hybridized carbons (Fsp3) is 0.444. The molecule has 0 aliphatic carbocycles. The SMILES string of the molecule is CN=C(NCCOc1cc(C)cc(C)c1)N(C)Cc1csc(C)n1.I. The van der Waals surface area contributed by atoms with Crippen LogP contribution in [-0.4, -0.2) is 43.1 Å². The summed E-state index contributed by atoms with van der Waals surface area (Å²) in [5, 5.41) is 6.49. The third-order valence-corrected chi connectivity index (χ3v) is 4.31. The molecular weight excluding hydrogens is 447 g/mol. The van der Waals surface area contributed by atoms with E-state index >= 15 is 0 Å². The Hall–Kier alpha value is -1.35. The third-order valence-electron chi connectivity index (χ3n) is 3.49. The van der Waals surface area contributed by atoms with Gasteiger partial charge in [0.05, 0.1) is 23.8 Å². The van der Waals surface area contributed by atoms with Crippen molar-refractivity contribution in [2.75, 3.05) is 27.2 Å². The van der Waals surface area contributed by atoms with Crippen LogP contribution in [0.3, 0.4) is 0 Å². The topological polar surface area (TPSA) is 49.8 Å². The van der Waals surface area contributed by atoms with Crippen molar-refractivity contribution in [1.29, 1.82) is 0 Å². The lowest BCUT2D eigenvalue weighted by Crippen LogP contribution is -2.40. The number of benzene rings is 1. The number of aliphatic imine (C=N–C) groups is 1. The highest BCUT2D eigenvalue weighted by Gasteiger charge is 2.08. The Kier molecular flexibility index (Phi) is 9.20. The Balaban J connectivity index is 0.00000312. The van der Waals surface area contributed by atoms with Gasteiger partial charge in [0, 0.05) is 19.5 Å². The zero-order chi connectivity index (χ0) is 17.5. The van der Waals surface area contributed by atoms with Gasteiger partial charge in [0.25, 0.3) is 0 Å². The van der Waals surface area contributed by atoms with E-state index in [4.69, 9.17) is 4.74 Å². The van der Waals surface area contributed by atoms with Crippen molar-refractivity contribution in [2.45, 2.75) is 27.3 Å².